The predicted molar refractivity (Wildman–Crippen MR) is 63.6 cm³/mol. The molecule has 4 nitrogen and oxygen atoms in total. The van der Waals surface area contributed by atoms with Gasteiger partial charge < -0.3 is 9.47 Å². The number of carbonyl (C=O) groups excluding carboxylic acids is 2. The Kier molecular flexibility index (Phi) is 6.19. The van der Waals surface area contributed by atoms with Gasteiger partial charge in [-0.15, -0.1) is 0 Å². The first-order chi connectivity index (χ1) is 8.20. The van der Waals surface area contributed by atoms with Crippen LogP contribution in [0.3, 0.4) is 0 Å². The molecule has 0 aromatic carbocycles. The van der Waals surface area contributed by atoms with Gasteiger partial charge in [0.2, 0.25) is 0 Å². The molecule has 4 heteroatoms. The Balaban J connectivity index is 2.52. The Bertz CT molecular complexity index is 256. The fourth-order valence-corrected chi connectivity index (χ4v) is 2.05. The Hall–Kier alpha value is -0.900. The van der Waals surface area contributed by atoms with Gasteiger partial charge in [-0.1, -0.05) is 13.8 Å². The summed E-state index contributed by atoms with van der Waals surface area (Å²) in [5.41, 5.74) is 0. The van der Waals surface area contributed by atoms with Crippen LogP contribution in [0.4, 0.5) is 0 Å². The smallest absolute Gasteiger partial charge is 0.316 e. The molecule has 1 atom stereocenters. The molecule has 0 aromatic heterocycles. The van der Waals surface area contributed by atoms with Gasteiger partial charge in [-0.2, -0.15) is 0 Å². The maximum Gasteiger partial charge on any atom is 0.316 e. The highest BCUT2D eigenvalue weighted by Gasteiger charge is 2.32. The zero-order valence-electron chi connectivity index (χ0n) is 10.7. The molecule has 1 saturated heterocycles. The number of ketones is 1. The third-order valence-corrected chi connectivity index (χ3v) is 3.11. The molecular formula is C13H22O4. The molecule has 0 amide bonds. The Morgan fingerprint density at radius 1 is 1.29 bits per heavy atom. The summed E-state index contributed by atoms with van der Waals surface area (Å²) in [6.07, 6.45) is 2.78. The summed E-state index contributed by atoms with van der Waals surface area (Å²) in [5, 5.41) is 0. The maximum absolute atomic E-state index is 12.2. The molecule has 0 saturated carbocycles. The topological polar surface area (TPSA) is 52.6 Å². The van der Waals surface area contributed by atoms with E-state index in [4.69, 9.17) is 9.47 Å². The van der Waals surface area contributed by atoms with E-state index in [-0.39, 0.29) is 17.7 Å². The number of hydrogen-bond donors (Lipinski definition) is 0. The van der Waals surface area contributed by atoms with Crippen LogP contribution >= 0.6 is 0 Å². The Morgan fingerprint density at radius 3 is 2.47 bits per heavy atom. The highest BCUT2D eigenvalue weighted by molar-refractivity contribution is 6.00. The molecular weight excluding hydrogens is 220 g/mol. The average molecular weight is 242 g/mol. The predicted octanol–water partition coefficient (Wildman–Crippen LogP) is 1.96. The fraction of sp³-hybridized carbons (Fsp3) is 0.846. The minimum Gasteiger partial charge on any atom is -0.465 e. The first kappa shape index (κ1) is 14.2. The summed E-state index contributed by atoms with van der Waals surface area (Å²) in [7, 11) is 0. The van der Waals surface area contributed by atoms with Crippen molar-refractivity contribution in [1.29, 1.82) is 0 Å². The summed E-state index contributed by atoms with van der Waals surface area (Å²) in [6, 6.07) is 0. The lowest BCUT2D eigenvalue weighted by Crippen LogP contribution is -2.34. The van der Waals surface area contributed by atoms with E-state index in [9.17, 15) is 9.59 Å². The lowest BCUT2D eigenvalue weighted by Gasteiger charge is -2.24. The zero-order chi connectivity index (χ0) is 12.7. The highest BCUT2D eigenvalue weighted by atomic mass is 16.5. The van der Waals surface area contributed by atoms with Gasteiger partial charge in [0.1, 0.15) is 11.7 Å². The third kappa shape index (κ3) is 4.11. The standard InChI is InChI=1S/C13H22O4/c1-3-7-17-13(15)11(4-2)12(14)10-5-8-16-9-6-10/h10-11H,3-9H2,1-2H3. The fourth-order valence-electron chi connectivity index (χ4n) is 2.05. The molecule has 0 spiro atoms. The number of ether oxygens (including phenoxy) is 2. The second kappa shape index (κ2) is 7.43. The monoisotopic (exact) mass is 242 g/mol. The number of hydrogen-bond acceptors (Lipinski definition) is 4. The van der Waals surface area contributed by atoms with Crippen LogP contribution in [-0.2, 0) is 19.1 Å². The number of carbonyl (C=O) groups is 2. The lowest BCUT2D eigenvalue weighted by molar-refractivity contribution is -0.154. The minimum absolute atomic E-state index is 0.0251. The molecule has 1 aliphatic heterocycles. The van der Waals surface area contributed by atoms with Gasteiger partial charge in [0.25, 0.3) is 0 Å². The van der Waals surface area contributed by atoms with Crippen molar-refractivity contribution < 1.29 is 19.1 Å². The van der Waals surface area contributed by atoms with E-state index in [1.165, 1.54) is 0 Å². The normalized spacial score (nSPS) is 18.7. The van der Waals surface area contributed by atoms with E-state index >= 15 is 0 Å². The van der Waals surface area contributed by atoms with Crippen LogP contribution in [0.25, 0.3) is 0 Å². The van der Waals surface area contributed by atoms with Crippen molar-refractivity contribution in [2.45, 2.75) is 39.5 Å². The van der Waals surface area contributed by atoms with Crippen molar-refractivity contribution >= 4 is 11.8 Å². The maximum atomic E-state index is 12.2. The molecule has 0 aliphatic carbocycles. The molecule has 1 fully saturated rings. The van der Waals surface area contributed by atoms with Crippen molar-refractivity contribution in [3.8, 4) is 0 Å². The average Bonchev–Trinajstić information content (AvgIpc) is 2.38. The Morgan fingerprint density at radius 2 is 1.94 bits per heavy atom. The summed E-state index contributed by atoms with van der Waals surface area (Å²) in [4.78, 5) is 23.9. The number of esters is 1. The molecule has 0 radical (unpaired) electrons. The molecule has 1 aliphatic rings. The first-order valence-corrected chi connectivity index (χ1v) is 6.48. The zero-order valence-corrected chi connectivity index (χ0v) is 10.7. The molecule has 1 unspecified atom stereocenters. The molecule has 0 bridgehead atoms. The van der Waals surface area contributed by atoms with Gasteiger partial charge in [-0.3, -0.25) is 9.59 Å². The van der Waals surface area contributed by atoms with E-state index in [1.807, 2.05) is 13.8 Å². The number of Topliss-reactive ketones (excluding diaryl/α,β-unsaturated/α-hetero) is 1. The molecule has 1 heterocycles. The van der Waals surface area contributed by atoms with E-state index in [1.54, 1.807) is 0 Å². The summed E-state index contributed by atoms with van der Waals surface area (Å²) < 4.78 is 10.3. The van der Waals surface area contributed by atoms with Gasteiger partial charge >= 0.3 is 5.97 Å². The quantitative estimate of drug-likeness (QED) is 0.528. The van der Waals surface area contributed by atoms with Crippen LogP contribution in [0.5, 0.6) is 0 Å². The van der Waals surface area contributed by atoms with Crippen LogP contribution in [-0.4, -0.2) is 31.6 Å². The molecule has 0 aromatic rings. The number of rotatable bonds is 6. The summed E-state index contributed by atoms with van der Waals surface area (Å²) >= 11 is 0. The Labute approximate surface area is 103 Å². The van der Waals surface area contributed by atoms with E-state index in [0.717, 1.165) is 19.3 Å². The van der Waals surface area contributed by atoms with Crippen LogP contribution in [0.1, 0.15) is 39.5 Å². The van der Waals surface area contributed by atoms with Crippen molar-refractivity contribution in [2.24, 2.45) is 11.8 Å². The van der Waals surface area contributed by atoms with Crippen LogP contribution in [0, 0.1) is 11.8 Å². The van der Waals surface area contributed by atoms with E-state index in [0.29, 0.717) is 26.2 Å². The molecule has 98 valence electrons. The summed E-state index contributed by atoms with van der Waals surface area (Å²) in [6.45, 7) is 5.44. The van der Waals surface area contributed by atoms with Gasteiger partial charge in [0.05, 0.1) is 6.61 Å². The van der Waals surface area contributed by atoms with Crippen LogP contribution in [0.15, 0.2) is 0 Å². The SMILES string of the molecule is CCCOC(=O)C(CC)C(=O)C1CCOCC1. The van der Waals surface area contributed by atoms with E-state index in [2.05, 4.69) is 0 Å². The second-order valence-electron chi connectivity index (χ2n) is 4.42. The van der Waals surface area contributed by atoms with Crippen molar-refractivity contribution in [2.75, 3.05) is 19.8 Å². The van der Waals surface area contributed by atoms with Gasteiger partial charge in [0, 0.05) is 19.1 Å². The van der Waals surface area contributed by atoms with Gasteiger partial charge in [-0.25, -0.2) is 0 Å². The summed E-state index contributed by atoms with van der Waals surface area (Å²) in [5.74, 6) is -0.921. The van der Waals surface area contributed by atoms with Gasteiger partial charge in [0.15, 0.2) is 0 Å². The van der Waals surface area contributed by atoms with Crippen molar-refractivity contribution in [3.05, 3.63) is 0 Å². The minimum atomic E-state index is -0.579. The highest BCUT2D eigenvalue weighted by Crippen LogP contribution is 2.22. The lowest BCUT2D eigenvalue weighted by atomic mass is 9.86. The molecule has 0 N–H and O–H groups in total. The van der Waals surface area contributed by atoms with Crippen molar-refractivity contribution in [3.63, 3.8) is 0 Å². The van der Waals surface area contributed by atoms with E-state index < -0.39 is 5.92 Å². The van der Waals surface area contributed by atoms with Crippen LogP contribution < -0.4 is 0 Å². The third-order valence-electron chi connectivity index (χ3n) is 3.11. The molecule has 17 heavy (non-hydrogen) atoms. The van der Waals surface area contributed by atoms with Crippen LogP contribution in [0.2, 0.25) is 0 Å². The van der Waals surface area contributed by atoms with Crippen molar-refractivity contribution in [1.82, 2.24) is 0 Å². The first-order valence-electron chi connectivity index (χ1n) is 6.48. The molecule has 1 rings (SSSR count). The van der Waals surface area contributed by atoms with Gasteiger partial charge in [-0.05, 0) is 25.7 Å². The second-order valence-corrected chi connectivity index (χ2v) is 4.42. The largest absolute Gasteiger partial charge is 0.465 e.